The molecule has 0 aromatic carbocycles. The largest absolute Gasteiger partial charge is 0.281 e. The van der Waals surface area contributed by atoms with Crippen LogP contribution in [-0.2, 0) is 0 Å². The third-order valence-corrected chi connectivity index (χ3v) is 4.37. The Labute approximate surface area is 143 Å². The van der Waals surface area contributed by atoms with Gasteiger partial charge in [-0.15, -0.1) is 0 Å². The molecule has 0 radical (unpaired) electrons. The minimum atomic E-state index is 0.893. The van der Waals surface area contributed by atoms with E-state index in [1.165, 1.54) is 16.7 Å². The van der Waals surface area contributed by atoms with Crippen molar-refractivity contribution in [2.24, 2.45) is 9.98 Å². The van der Waals surface area contributed by atoms with E-state index in [9.17, 15) is 0 Å². The molecule has 2 aliphatic rings. The van der Waals surface area contributed by atoms with Gasteiger partial charge in [0.1, 0.15) is 5.04 Å². The summed E-state index contributed by atoms with van der Waals surface area (Å²) in [5, 5.41) is 3.06. The maximum absolute atomic E-state index is 4.46. The molecule has 0 atom stereocenters. The van der Waals surface area contributed by atoms with Crippen molar-refractivity contribution in [3.63, 3.8) is 0 Å². The highest BCUT2D eigenvalue weighted by molar-refractivity contribution is 8.16. The van der Waals surface area contributed by atoms with E-state index in [1.807, 2.05) is 39.4 Å². The maximum atomic E-state index is 4.46. The molecule has 118 valence electrons. The molecule has 23 heavy (non-hydrogen) atoms. The van der Waals surface area contributed by atoms with E-state index in [0.29, 0.717) is 0 Å². The van der Waals surface area contributed by atoms with Crippen molar-refractivity contribution in [3.05, 3.63) is 82.5 Å². The van der Waals surface area contributed by atoms with Crippen LogP contribution in [0.5, 0.6) is 0 Å². The SMILES string of the molecule is C\C=C/C(/C=C/SC(=NC)C1=CN=CC2=CC=CC=C1C2)=C\C. The summed E-state index contributed by atoms with van der Waals surface area (Å²) in [6.07, 6.45) is 21.4. The zero-order chi connectivity index (χ0) is 16.5. The molecular formula is C20H22N2S. The van der Waals surface area contributed by atoms with Crippen molar-refractivity contribution in [2.75, 3.05) is 7.05 Å². The molecule has 0 aromatic rings. The minimum Gasteiger partial charge on any atom is -0.281 e. The topological polar surface area (TPSA) is 24.7 Å². The number of thioether (sulfide) groups is 1. The number of hydrogen-bond donors (Lipinski definition) is 0. The summed E-state index contributed by atoms with van der Waals surface area (Å²) in [6.45, 7) is 4.06. The van der Waals surface area contributed by atoms with E-state index in [4.69, 9.17) is 0 Å². The standard InChI is InChI=1S/C20H22N2S/c1-4-8-16(5-2)11-12-23-20(21-3)19-15-22-14-17-9-6-7-10-18(19)13-17/h4-12,14-15H,13H2,1-3H3/b8-4-,12-11+,16-5+,21-20?. The fourth-order valence-corrected chi connectivity index (χ4v) is 3.07. The molecule has 1 aliphatic heterocycles. The van der Waals surface area contributed by atoms with Crippen LogP contribution >= 0.6 is 11.8 Å². The van der Waals surface area contributed by atoms with Gasteiger partial charge in [0.2, 0.25) is 0 Å². The fourth-order valence-electron chi connectivity index (χ4n) is 2.30. The highest BCUT2D eigenvalue weighted by Gasteiger charge is 2.15. The van der Waals surface area contributed by atoms with Gasteiger partial charge >= 0.3 is 0 Å². The first-order chi connectivity index (χ1) is 11.3. The number of fused-ring (bicyclic) bond motifs is 2. The lowest BCUT2D eigenvalue weighted by Crippen LogP contribution is -2.01. The number of nitrogens with zero attached hydrogens (tertiary/aromatic N) is 2. The summed E-state index contributed by atoms with van der Waals surface area (Å²) in [5.41, 5.74) is 4.76. The zero-order valence-corrected chi connectivity index (χ0v) is 14.7. The molecule has 0 spiro atoms. The van der Waals surface area contributed by atoms with Crippen LogP contribution in [-0.4, -0.2) is 18.3 Å². The number of allylic oxidation sites excluding steroid dienone is 11. The maximum Gasteiger partial charge on any atom is 0.103 e. The average molecular weight is 322 g/mol. The molecule has 0 saturated heterocycles. The molecule has 0 fully saturated rings. The Morgan fingerprint density at radius 1 is 1.22 bits per heavy atom. The Morgan fingerprint density at radius 3 is 2.78 bits per heavy atom. The number of hydrogen-bond acceptors (Lipinski definition) is 3. The van der Waals surface area contributed by atoms with Gasteiger partial charge in [-0.1, -0.05) is 54.3 Å². The van der Waals surface area contributed by atoms with E-state index in [2.05, 4.69) is 57.9 Å². The van der Waals surface area contributed by atoms with E-state index >= 15 is 0 Å². The quantitative estimate of drug-likeness (QED) is 0.377. The van der Waals surface area contributed by atoms with Crippen LogP contribution in [0.1, 0.15) is 20.3 Å². The van der Waals surface area contributed by atoms with Gasteiger partial charge in [0.15, 0.2) is 0 Å². The lowest BCUT2D eigenvalue weighted by Gasteiger charge is -2.10. The molecule has 2 rings (SSSR count). The Kier molecular flexibility index (Phi) is 6.82. The normalized spacial score (nSPS) is 18.8. The summed E-state index contributed by atoms with van der Waals surface area (Å²) < 4.78 is 0. The second-order valence-corrected chi connectivity index (χ2v) is 5.95. The van der Waals surface area contributed by atoms with Crippen molar-refractivity contribution >= 4 is 23.0 Å². The third kappa shape index (κ3) is 4.93. The molecule has 2 nitrogen and oxygen atoms in total. The second kappa shape index (κ2) is 9.11. The van der Waals surface area contributed by atoms with Crippen LogP contribution in [0, 0.1) is 0 Å². The minimum absolute atomic E-state index is 0.893. The molecular weight excluding hydrogens is 300 g/mol. The molecule has 2 bridgehead atoms. The van der Waals surface area contributed by atoms with Gasteiger partial charge in [0, 0.05) is 25.0 Å². The van der Waals surface area contributed by atoms with Gasteiger partial charge in [-0.3, -0.25) is 9.98 Å². The summed E-state index contributed by atoms with van der Waals surface area (Å²) in [4.78, 5) is 8.89. The Balaban J connectivity index is 2.18. The lowest BCUT2D eigenvalue weighted by atomic mass is 10.0. The van der Waals surface area contributed by atoms with Crippen molar-refractivity contribution in [1.29, 1.82) is 0 Å². The summed E-state index contributed by atoms with van der Waals surface area (Å²) >= 11 is 1.63. The number of aliphatic imine (C=N–C) groups is 2. The van der Waals surface area contributed by atoms with E-state index in [0.717, 1.165) is 17.0 Å². The molecule has 0 saturated carbocycles. The summed E-state index contributed by atoms with van der Waals surface area (Å²) in [7, 11) is 1.83. The highest BCUT2D eigenvalue weighted by atomic mass is 32.2. The monoisotopic (exact) mass is 322 g/mol. The molecule has 1 aliphatic carbocycles. The van der Waals surface area contributed by atoms with Gasteiger partial charge in [-0.2, -0.15) is 0 Å². The Morgan fingerprint density at radius 2 is 2.04 bits per heavy atom. The first-order valence-corrected chi connectivity index (χ1v) is 8.56. The van der Waals surface area contributed by atoms with Crippen molar-refractivity contribution in [1.82, 2.24) is 0 Å². The van der Waals surface area contributed by atoms with E-state index in [1.54, 1.807) is 11.8 Å². The Bertz CT molecular complexity index is 708. The van der Waals surface area contributed by atoms with Crippen LogP contribution < -0.4 is 0 Å². The van der Waals surface area contributed by atoms with Crippen molar-refractivity contribution in [2.45, 2.75) is 20.3 Å². The van der Waals surface area contributed by atoms with Gasteiger partial charge in [-0.25, -0.2) is 0 Å². The van der Waals surface area contributed by atoms with E-state index in [-0.39, 0.29) is 0 Å². The molecule has 0 N–H and O–H groups in total. The van der Waals surface area contributed by atoms with Crippen LogP contribution in [0.3, 0.4) is 0 Å². The van der Waals surface area contributed by atoms with Crippen LogP contribution in [0.25, 0.3) is 0 Å². The molecule has 0 amide bonds. The Hall–Kier alpha value is -2.13. The first-order valence-electron chi connectivity index (χ1n) is 7.68. The van der Waals surface area contributed by atoms with Gasteiger partial charge in [0.05, 0.1) is 0 Å². The van der Waals surface area contributed by atoms with Crippen molar-refractivity contribution < 1.29 is 0 Å². The van der Waals surface area contributed by atoms with E-state index < -0.39 is 0 Å². The van der Waals surface area contributed by atoms with Gasteiger partial charge in [0.25, 0.3) is 0 Å². The van der Waals surface area contributed by atoms with Gasteiger partial charge < -0.3 is 0 Å². The molecule has 1 heterocycles. The zero-order valence-electron chi connectivity index (χ0n) is 13.9. The third-order valence-electron chi connectivity index (χ3n) is 3.47. The van der Waals surface area contributed by atoms with Crippen LogP contribution in [0.2, 0.25) is 0 Å². The van der Waals surface area contributed by atoms with Crippen LogP contribution in [0.4, 0.5) is 0 Å². The summed E-state index contributed by atoms with van der Waals surface area (Å²) in [6, 6.07) is 0. The average Bonchev–Trinajstić information content (AvgIpc) is 2.92. The second-order valence-electron chi connectivity index (χ2n) is 5.05. The highest BCUT2D eigenvalue weighted by Crippen LogP contribution is 2.29. The number of rotatable bonds is 4. The predicted molar refractivity (Wildman–Crippen MR) is 105 cm³/mol. The fraction of sp³-hybridized carbons (Fsp3) is 0.200. The van der Waals surface area contributed by atoms with Crippen molar-refractivity contribution in [3.8, 4) is 0 Å². The summed E-state index contributed by atoms with van der Waals surface area (Å²) in [5.74, 6) is 0. The molecule has 3 heteroatoms. The van der Waals surface area contributed by atoms with Crippen LogP contribution in [0.15, 0.2) is 92.5 Å². The molecule has 0 unspecified atom stereocenters. The predicted octanol–water partition coefficient (Wildman–Crippen LogP) is 5.57. The smallest absolute Gasteiger partial charge is 0.103 e. The first kappa shape index (κ1) is 17.2. The van der Waals surface area contributed by atoms with Gasteiger partial charge in [-0.05, 0) is 48.5 Å². The lowest BCUT2D eigenvalue weighted by molar-refractivity contribution is 1.23. The molecule has 0 aromatic heterocycles.